The average molecular weight is 236 g/mol. The molecule has 0 amide bonds. The third-order valence-electron chi connectivity index (χ3n) is 2.98. The molecule has 1 N–H and O–H groups in total. The van der Waals surface area contributed by atoms with E-state index in [0.29, 0.717) is 6.61 Å². The lowest BCUT2D eigenvalue weighted by Gasteiger charge is -2.32. The van der Waals surface area contributed by atoms with Gasteiger partial charge in [0.25, 0.3) is 0 Å². The van der Waals surface area contributed by atoms with E-state index in [9.17, 15) is 5.11 Å². The molecule has 3 nitrogen and oxygen atoms in total. The summed E-state index contributed by atoms with van der Waals surface area (Å²) < 4.78 is 10.9. The summed E-state index contributed by atoms with van der Waals surface area (Å²) in [6.45, 7) is 5.13. The van der Waals surface area contributed by atoms with E-state index in [2.05, 4.69) is 0 Å². The molecule has 0 aromatic heterocycles. The highest BCUT2D eigenvalue weighted by Crippen LogP contribution is 2.31. The highest BCUT2D eigenvalue weighted by molar-refractivity contribution is 5.31. The fourth-order valence-electron chi connectivity index (χ4n) is 2.12. The largest absolute Gasteiger partial charge is 0.491 e. The molecular weight excluding hydrogens is 216 g/mol. The second kappa shape index (κ2) is 5.07. The fourth-order valence-corrected chi connectivity index (χ4v) is 2.12. The Morgan fingerprint density at radius 2 is 2.00 bits per heavy atom. The molecule has 0 saturated carbocycles. The van der Waals surface area contributed by atoms with E-state index in [1.54, 1.807) is 0 Å². The Balaban J connectivity index is 2.11. The van der Waals surface area contributed by atoms with Gasteiger partial charge in [-0.2, -0.15) is 0 Å². The highest BCUT2D eigenvalue weighted by Gasteiger charge is 2.31. The summed E-state index contributed by atoms with van der Waals surface area (Å²) in [7, 11) is 0. The molecule has 1 unspecified atom stereocenters. The van der Waals surface area contributed by atoms with Crippen molar-refractivity contribution in [3.05, 3.63) is 29.8 Å². The molecule has 0 bridgehead atoms. The molecule has 0 aliphatic carbocycles. The van der Waals surface area contributed by atoms with Crippen LogP contribution >= 0.6 is 0 Å². The lowest BCUT2D eigenvalue weighted by molar-refractivity contribution is -0.0903. The molecule has 2 rings (SSSR count). The minimum absolute atomic E-state index is 0.168. The van der Waals surface area contributed by atoms with Crippen molar-refractivity contribution in [2.45, 2.75) is 38.4 Å². The number of aliphatic hydroxyl groups is 1. The van der Waals surface area contributed by atoms with E-state index >= 15 is 0 Å². The van der Waals surface area contributed by atoms with E-state index in [4.69, 9.17) is 9.47 Å². The Kier molecular flexibility index (Phi) is 3.69. The monoisotopic (exact) mass is 236 g/mol. The SMILES string of the molecule is CC(C)Oc1ccc(C2(O)CCCOC2)cc1. The Morgan fingerprint density at radius 3 is 2.53 bits per heavy atom. The van der Waals surface area contributed by atoms with Crippen LogP contribution in [0, 0.1) is 0 Å². The lowest BCUT2D eigenvalue weighted by atomic mass is 9.88. The van der Waals surface area contributed by atoms with E-state index in [1.165, 1.54) is 0 Å². The van der Waals surface area contributed by atoms with Crippen LogP contribution in [0.25, 0.3) is 0 Å². The van der Waals surface area contributed by atoms with Crippen molar-refractivity contribution < 1.29 is 14.6 Å². The second-order valence-corrected chi connectivity index (χ2v) is 4.88. The average Bonchev–Trinajstić information content (AvgIpc) is 2.30. The molecule has 1 aliphatic heterocycles. The molecule has 1 aromatic rings. The summed E-state index contributed by atoms with van der Waals surface area (Å²) >= 11 is 0. The van der Waals surface area contributed by atoms with Crippen molar-refractivity contribution in [3.8, 4) is 5.75 Å². The van der Waals surface area contributed by atoms with E-state index in [-0.39, 0.29) is 6.10 Å². The van der Waals surface area contributed by atoms with E-state index in [1.807, 2.05) is 38.1 Å². The zero-order valence-corrected chi connectivity index (χ0v) is 10.5. The first-order valence-electron chi connectivity index (χ1n) is 6.17. The quantitative estimate of drug-likeness (QED) is 0.876. The van der Waals surface area contributed by atoms with Gasteiger partial charge >= 0.3 is 0 Å². The minimum Gasteiger partial charge on any atom is -0.491 e. The van der Waals surface area contributed by atoms with Crippen molar-refractivity contribution >= 4 is 0 Å². The summed E-state index contributed by atoms with van der Waals surface area (Å²) in [5, 5.41) is 10.4. The Labute approximate surface area is 102 Å². The van der Waals surface area contributed by atoms with Crippen molar-refractivity contribution in [2.75, 3.05) is 13.2 Å². The summed E-state index contributed by atoms with van der Waals surface area (Å²) in [4.78, 5) is 0. The van der Waals surface area contributed by atoms with Crippen LogP contribution in [0.2, 0.25) is 0 Å². The van der Waals surface area contributed by atoms with Crippen LogP contribution in [0.15, 0.2) is 24.3 Å². The third kappa shape index (κ3) is 2.99. The summed E-state index contributed by atoms with van der Waals surface area (Å²) in [5.74, 6) is 0.837. The van der Waals surface area contributed by atoms with Crippen LogP contribution in [0.3, 0.4) is 0 Å². The second-order valence-electron chi connectivity index (χ2n) is 4.88. The zero-order chi connectivity index (χ0) is 12.3. The Bertz CT molecular complexity index is 350. The molecule has 17 heavy (non-hydrogen) atoms. The molecule has 1 heterocycles. The van der Waals surface area contributed by atoms with Crippen LogP contribution in [0.5, 0.6) is 5.75 Å². The molecule has 1 fully saturated rings. The number of rotatable bonds is 3. The van der Waals surface area contributed by atoms with Gasteiger partial charge in [-0.3, -0.25) is 0 Å². The van der Waals surface area contributed by atoms with Crippen LogP contribution < -0.4 is 4.74 Å². The smallest absolute Gasteiger partial charge is 0.119 e. The van der Waals surface area contributed by atoms with Gasteiger partial charge in [0.15, 0.2) is 0 Å². The highest BCUT2D eigenvalue weighted by atomic mass is 16.5. The van der Waals surface area contributed by atoms with Gasteiger partial charge in [0, 0.05) is 6.61 Å². The van der Waals surface area contributed by atoms with Crippen LogP contribution in [0.1, 0.15) is 32.3 Å². The fraction of sp³-hybridized carbons (Fsp3) is 0.571. The number of hydrogen-bond donors (Lipinski definition) is 1. The summed E-state index contributed by atoms with van der Waals surface area (Å²) in [6.07, 6.45) is 1.83. The first kappa shape index (κ1) is 12.4. The topological polar surface area (TPSA) is 38.7 Å². The third-order valence-corrected chi connectivity index (χ3v) is 2.98. The minimum atomic E-state index is -0.825. The molecule has 94 valence electrons. The van der Waals surface area contributed by atoms with Gasteiger partial charge in [0.1, 0.15) is 11.4 Å². The van der Waals surface area contributed by atoms with Crippen molar-refractivity contribution in [3.63, 3.8) is 0 Å². The summed E-state index contributed by atoms with van der Waals surface area (Å²) in [6, 6.07) is 7.66. The van der Waals surface area contributed by atoms with Gasteiger partial charge in [-0.25, -0.2) is 0 Å². The molecule has 1 saturated heterocycles. The van der Waals surface area contributed by atoms with E-state index < -0.39 is 5.60 Å². The Morgan fingerprint density at radius 1 is 1.29 bits per heavy atom. The van der Waals surface area contributed by atoms with E-state index in [0.717, 1.165) is 30.8 Å². The maximum Gasteiger partial charge on any atom is 0.119 e. The van der Waals surface area contributed by atoms with Crippen LogP contribution in [0.4, 0.5) is 0 Å². The predicted octanol–water partition coefficient (Wildman–Crippen LogP) is 2.47. The normalized spacial score (nSPS) is 24.9. The van der Waals surface area contributed by atoms with Gasteiger partial charge in [-0.1, -0.05) is 12.1 Å². The first-order valence-corrected chi connectivity index (χ1v) is 6.17. The lowest BCUT2D eigenvalue weighted by Crippen LogP contribution is -2.35. The Hall–Kier alpha value is -1.06. The number of benzene rings is 1. The molecular formula is C14H20O3. The van der Waals surface area contributed by atoms with Gasteiger partial charge in [-0.05, 0) is 44.4 Å². The number of hydrogen-bond acceptors (Lipinski definition) is 3. The summed E-state index contributed by atoms with van der Waals surface area (Å²) in [5.41, 5.74) is 0.0857. The van der Waals surface area contributed by atoms with Crippen molar-refractivity contribution in [1.82, 2.24) is 0 Å². The molecule has 0 radical (unpaired) electrons. The van der Waals surface area contributed by atoms with Crippen molar-refractivity contribution in [1.29, 1.82) is 0 Å². The van der Waals surface area contributed by atoms with Crippen LogP contribution in [-0.4, -0.2) is 24.4 Å². The molecule has 1 aromatic carbocycles. The standard InChI is InChI=1S/C14H20O3/c1-11(2)17-13-6-4-12(5-7-13)14(15)8-3-9-16-10-14/h4-7,11,15H,3,8-10H2,1-2H3. The van der Waals surface area contributed by atoms with Gasteiger partial charge in [-0.15, -0.1) is 0 Å². The maximum atomic E-state index is 10.4. The van der Waals surface area contributed by atoms with Gasteiger partial charge in [0.2, 0.25) is 0 Å². The van der Waals surface area contributed by atoms with Gasteiger partial charge in [0.05, 0.1) is 12.7 Å². The zero-order valence-electron chi connectivity index (χ0n) is 10.5. The maximum absolute atomic E-state index is 10.4. The van der Waals surface area contributed by atoms with Gasteiger partial charge < -0.3 is 14.6 Å². The molecule has 0 spiro atoms. The molecule has 1 aliphatic rings. The molecule has 1 atom stereocenters. The predicted molar refractivity (Wildman–Crippen MR) is 66.2 cm³/mol. The number of ether oxygens (including phenoxy) is 2. The van der Waals surface area contributed by atoms with Crippen molar-refractivity contribution in [2.24, 2.45) is 0 Å². The van der Waals surface area contributed by atoms with Crippen LogP contribution in [-0.2, 0) is 10.3 Å². The molecule has 3 heteroatoms. The first-order chi connectivity index (χ1) is 8.10.